The summed E-state index contributed by atoms with van der Waals surface area (Å²) in [7, 11) is 0. The lowest BCUT2D eigenvalue weighted by molar-refractivity contribution is -0.148. The molecule has 1 fully saturated rings. The quantitative estimate of drug-likeness (QED) is 0.703. The minimum absolute atomic E-state index is 0.110. The van der Waals surface area contributed by atoms with E-state index in [1.807, 2.05) is 0 Å². The molecule has 1 aliphatic rings. The molecule has 0 aliphatic carbocycles. The number of nitriles is 1. The van der Waals surface area contributed by atoms with Crippen LogP contribution in [-0.2, 0) is 20.4 Å². The Morgan fingerprint density at radius 1 is 1.25 bits per heavy atom. The molecule has 2 heterocycles. The van der Waals surface area contributed by atoms with Crippen molar-refractivity contribution in [3.05, 3.63) is 22.9 Å². The van der Waals surface area contributed by atoms with Crippen LogP contribution in [-0.4, -0.2) is 43.2 Å². The minimum atomic E-state index is -4.89. The average molecular weight is 399 g/mol. The van der Waals surface area contributed by atoms with Gasteiger partial charge in [-0.3, -0.25) is 4.79 Å². The number of aromatic nitrogens is 1. The van der Waals surface area contributed by atoms with E-state index in [1.165, 1.54) is 11.8 Å². The largest absolute Gasteiger partial charge is 0.466 e. The number of ether oxygens (including phenoxy) is 2. The zero-order valence-corrected chi connectivity index (χ0v) is 15.5. The Hall–Kier alpha value is -2.83. The van der Waals surface area contributed by atoms with Gasteiger partial charge in [-0.15, -0.1) is 0 Å². The SMILES string of the molecule is CCOC(=O)c1cc(C#N)c(N2CCC(C(=O)OCC)CC2)nc1C(F)(F)F. The van der Waals surface area contributed by atoms with Gasteiger partial charge in [-0.05, 0) is 32.8 Å². The Kier molecular flexibility index (Phi) is 6.83. The summed E-state index contributed by atoms with van der Waals surface area (Å²) in [5.41, 5.74) is -2.35. The van der Waals surface area contributed by atoms with Crippen LogP contribution in [0.2, 0.25) is 0 Å². The van der Waals surface area contributed by atoms with E-state index in [0.717, 1.165) is 6.07 Å². The van der Waals surface area contributed by atoms with Crippen molar-refractivity contribution in [2.75, 3.05) is 31.2 Å². The Morgan fingerprint density at radius 2 is 1.86 bits per heavy atom. The molecule has 0 spiro atoms. The second-order valence-electron chi connectivity index (χ2n) is 6.10. The number of alkyl halides is 3. The summed E-state index contributed by atoms with van der Waals surface area (Å²) in [5, 5.41) is 9.36. The number of halogens is 3. The smallest absolute Gasteiger partial charge is 0.434 e. The molecular weight excluding hydrogens is 379 g/mol. The van der Waals surface area contributed by atoms with Gasteiger partial charge in [0.15, 0.2) is 5.69 Å². The summed E-state index contributed by atoms with van der Waals surface area (Å²) in [5.74, 6) is -2.04. The van der Waals surface area contributed by atoms with Gasteiger partial charge in [0, 0.05) is 13.1 Å². The molecule has 1 aromatic heterocycles. The zero-order valence-electron chi connectivity index (χ0n) is 15.5. The van der Waals surface area contributed by atoms with Crippen LogP contribution in [0, 0.1) is 17.2 Å². The molecule has 1 aliphatic heterocycles. The Morgan fingerprint density at radius 3 is 2.36 bits per heavy atom. The Balaban J connectivity index is 2.36. The molecule has 28 heavy (non-hydrogen) atoms. The van der Waals surface area contributed by atoms with Gasteiger partial charge in [0.1, 0.15) is 11.9 Å². The lowest BCUT2D eigenvalue weighted by atomic mass is 9.96. The first kappa shape index (κ1) is 21.5. The maximum Gasteiger partial charge on any atom is 0.434 e. The maximum atomic E-state index is 13.5. The van der Waals surface area contributed by atoms with Crippen LogP contribution >= 0.6 is 0 Å². The van der Waals surface area contributed by atoms with Crippen LogP contribution in [0.5, 0.6) is 0 Å². The number of carbonyl (C=O) groups excluding carboxylic acids is 2. The monoisotopic (exact) mass is 399 g/mol. The highest BCUT2D eigenvalue weighted by atomic mass is 19.4. The second kappa shape index (κ2) is 8.91. The molecule has 0 aromatic carbocycles. The van der Waals surface area contributed by atoms with E-state index < -0.39 is 23.4 Å². The van der Waals surface area contributed by atoms with E-state index in [1.54, 1.807) is 13.0 Å². The number of pyridine rings is 1. The number of anilines is 1. The van der Waals surface area contributed by atoms with Gasteiger partial charge in [0.25, 0.3) is 0 Å². The molecule has 2 rings (SSSR count). The summed E-state index contributed by atoms with van der Waals surface area (Å²) in [6, 6.07) is 2.65. The van der Waals surface area contributed by atoms with Crippen LogP contribution in [0.25, 0.3) is 0 Å². The molecule has 0 saturated carbocycles. The first-order chi connectivity index (χ1) is 13.2. The fraction of sp³-hybridized carbons (Fsp3) is 0.556. The van der Waals surface area contributed by atoms with Crippen molar-refractivity contribution in [3.63, 3.8) is 0 Å². The van der Waals surface area contributed by atoms with E-state index in [0.29, 0.717) is 12.8 Å². The van der Waals surface area contributed by atoms with Crippen molar-refractivity contribution in [1.82, 2.24) is 4.98 Å². The predicted molar refractivity (Wildman–Crippen MR) is 91.5 cm³/mol. The highest BCUT2D eigenvalue weighted by molar-refractivity contribution is 5.92. The number of piperidine rings is 1. The predicted octanol–water partition coefficient (Wildman–Crippen LogP) is 2.93. The topological polar surface area (TPSA) is 92.5 Å². The van der Waals surface area contributed by atoms with Crippen molar-refractivity contribution in [1.29, 1.82) is 5.26 Å². The molecule has 1 aromatic rings. The summed E-state index contributed by atoms with van der Waals surface area (Å²) >= 11 is 0. The first-order valence-corrected chi connectivity index (χ1v) is 8.83. The van der Waals surface area contributed by atoms with Crippen molar-refractivity contribution < 1.29 is 32.2 Å². The zero-order chi connectivity index (χ0) is 20.9. The number of esters is 2. The van der Waals surface area contributed by atoms with Crippen LogP contribution in [0.4, 0.5) is 19.0 Å². The highest BCUT2D eigenvalue weighted by Crippen LogP contribution is 2.35. The average Bonchev–Trinajstić information content (AvgIpc) is 2.66. The third-order valence-electron chi connectivity index (χ3n) is 4.30. The minimum Gasteiger partial charge on any atom is -0.466 e. The number of hydrogen-bond donors (Lipinski definition) is 0. The standard InChI is InChI=1S/C18H20F3N3O4/c1-3-27-16(25)11-5-7-24(8-6-11)15-12(10-22)9-13(17(26)28-4-2)14(23-15)18(19,20)21/h9,11H,3-8H2,1-2H3. The Labute approximate surface area is 160 Å². The first-order valence-electron chi connectivity index (χ1n) is 8.83. The summed E-state index contributed by atoms with van der Waals surface area (Å²) in [4.78, 5) is 28.9. The van der Waals surface area contributed by atoms with Gasteiger partial charge in [-0.1, -0.05) is 0 Å². The van der Waals surface area contributed by atoms with E-state index >= 15 is 0 Å². The fourth-order valence-corrected chi connectivity index (χ4v) is 2.99. The number of hydrogen-bond acceptors (Lipinski definition) is 7. The van der Waals surface area contributed by atoms with Gasteiger partial charge in [0.05, 0.1) is 30.3 Å². The normalized spacial score (nSPS) is 15.1. The molecule has 7 nitrogen and oxygen atoms in total. The number of rotatable bonds is 5. The molecule has 10 heteroatoms. The van der Waals surface area contributed by atoms with Crippen LogP contribution < -0.4 is 4.90 Å². The van der Waals surface area contributed by atoms with Gasteiger partial charge in [0.2, 0.25) is 0 Å². The third-order valence-corrected chi connectivity index (χ3v) is 4.30. The molecule has 0 bridgehead atoms. The van der Waals surface area contributed by atoms with Crippen molar-refractivity contribution in [3.8, 4) is 6.07 Å². The molecule has 0 radical (unpaired) electrons. The lowest BCUT2D eigenvalue weighted by Gasteiger charge is -2.32. The molecule has 1 saturated heterocycles. The summed E-state index contributed by atoms with van der Waals surface area (Å²) < 4.78 is 50.0. The molecule has 152 valence electrons. The molecule has 0 unspecified atom stereocenters. The highest BCUT2D eigenvalue weighted by Gasteiger charge is 2.40. The van der Waals surface area contributed by atoms with Gasteiger partial charge >= 0.3 is 18.1 Å². The molecule has 0 N–H and O–H groups in total. The van der Waals surface area contributed by atoms with E-state index in [-0.39, 0.29) is 49.6 Å². The molecule has 0 atom stereocenters. The lowest BCUT2D eigenvalue weighted by Crippen LogP contribution is -2.38. The summed E-state index contributed by atoms with van der Waals surface area (Å²) in [6.45, 7) is 3.78. The van der Waals surface area contributed by atoms with Crippen LogP contribution in [0.15, 0.2) is 6.07 Å². The van der Waals surface area contributed by atoms with Crippen LogP contribution in [0.1, 0.15) is 48.3 Å². The molecule has 0 amide bonds. The second-order valence-corrected chi connectivity index (χ2v) is 6.10. The third kappa shape index (κ3) is 4.71. The number of nitrogens with zero attached hydrogens (tertiary/aromatic N) is 3. The van der Waals surface area contributed by atoms with Crippen molar-refractivity contribution in [2.45, 2.75) is 32.9 Å². The van der Waals surface area contributed by atoms with E-state index in [2.05, 4.69) is 9.72 Å². The number of carbonyl (C=O) groups is 2. The van der Waals surface area contributed by atoms with Gasteiger partial charge in [-0.2, -0.15) is 18.4 Å². The van der Waals surface area contributed by atoms with Crippen molar-refractivity contribution in [2.24, 2.45) is 5.92 Å². The van der Waals surface area contributed by atoms with Crippen molar-refractivity contribution >= 4 is 17.8 Å². The van der Waals surface area contributed by atoms with Gasteiger partial charge < -0.3 is 14.4 Å². The Bertz CT molecular complexity index is 782. The van der Waals surface area contributed by atoms with E-state index in [4.69, 9.17) is 4.74 Å². The maximum absolute atomic E-state index is 13.5. The fourth-order valence-electron chi connectivity index (χ4n) is 2.99. The van der Waals surface area contributed by atoms with Crippen LogP contribution in [0.3, 0.4) is 0 Å². The summed E-state index contributed by atoms with van der Waals surface area (Å²) in [6.07, 6.45) is -4.16. The van der Waals surface area contributed by atoms with E-state index in [9.17, 15) is 28.0 Å². The van der Waals surface area contributed by atoms with Gasteiger partial charge in [-0.25, -0.2) is 9.78 Å². The molecular formula is C18H20F3N3O4.